The van der Waals surface area contributed by atoms with Crippen molar-refractivity contribution in [3.8, 4) is 0 Å². The van der Waals surface area contributed by atoms with Gasteiger partial charge in [-0.1, -0.05) is 11.6 Å². The fraction of sp³-hybridized carbons (Fsp3) is 0. The van der Waals surface area contributed by atoms with E-state index >= 15 is 0 Å². The molecule has 0 aliphatic carbocycles. The number of nitrogens with one attached hydrogen (secondary N) is 1. The zero-order valence-corrected chi connectivity index (χ0v) is 7.30. The normalized spacial score (nSPS) is 10.3. The standard InChI is InChI=1S/C5H5ClN2O3S.Na.H/c6-4-1-2-5(7-3-4)8-12(9,10)11;;/h1-3H,(H,7,8)(H,9,10,11);;. The van der Waals surface area contributed by atoms with Crippen LogP contribution in [0.4, 0.5) is 5.82 Å². The SMILES string of the molecule is O=S(=O)(O)Nc1ccc(Cl)cn1.[NaH]. The Morgan fingerprint density at radius 2 is 2.08 bits per heavy atom. The van der Waals surface area contributed by atoms with Crippen LogP contribution in [0, 0.1) is 0 Å². The van der Waals surface area contributed by atoms with Crippen LogP contribution in [0.2, 0.25) is 5.02 Å². The van der Waals surface area contributed by atoms with Crippen LogP contribution in [-0.4, -0.2) is 47.5 Å². The molecule has 1 heterocycles. The molecule has 68 valence electrons. The van der Waals surface area contributed by atoms with E-state index in [-0.39, 0.29) is 35.4 Å². The average Bonchev–Trinajstić information content (AvgIpc) is 1.91. The molecule has 0 fully saturated rings. The molecule has 0 bridgehead atoms. The summed E-state index contributed by atoms with van der Waals surface area (Å²) in [5.41, 5.74) is 0. The Bertz CT molecular complexity index is 366. The van der Waals surface area contributed by atoms with E-state index in [4.69, 9.17) is 16.2 Å². The number of halogens is 1. The van der Waals surface area contributed by atoms with E-state index in [1.165, 1.54) is 18.3 Å². The van der Waals surface area contributed by atoms with Crippen LogP contribution in [0.1, 0.15) is 0 Å². The summed E-state index contributed by atoms with van der Waals surface area (Å²) in [4.78, 5) is 3.58. The van der Waals surface area contributed by atoms with Crippen LogP contribution in [0.3, 0.4) is 0 Å². The van der Waals surface area contributed by atoms with Crippen molar-refractivity contribution >= 4 is 57.3 Å². The number of aromatic nitrogens is 1. The van der Waals surface area contributed by atoms with Gasteiger partial charge in [-0.05, 0) is 12.1 Å². The number of rotatable bonds is 2. The molecule has 0 aromatic carbocycles. The van der Waals surface area contributed by atoms with Crippen LogP contribution in [0.15, 0.2) is 18.3 Å². The molecule has 0 spiro atoms. The van der Waals surface area contributed by atoms with Gasteiger partial charge in [0.1, 0.15) is 5.82 Å². The molecule has 13 heavy (non-hydrogen) atoms. The van der Waals surface area contributed by atoms with Crippen molar-refractivity contribution in [3.05, 3.63) is 23.4 Å². The summed E-state index contributed by atoms with van der Waals surface area (Å²) in [7, 11) is -4.25. The molecule has 0 aliphatic heterocycles. The van der Waals surface area contributed by atoms with E-state index in [1.807, 2.05) is 0 Å². The Balaban J connectivity index is 0.00000144. The third-order valence-corrected chi connectivity index (χ3v) is 1.65. The first-order valence-corrected chi connectivity index (χ1v) is 4.66. The van der Waals surface area contributed by atoms with Gasteiger partial charge in [0, 0.05) is 6.20 Å². The summed E-state index contributed by atoms with van der Waals surface area (Å²) in [6.45, 7) is 0. The monoisotopic (exact) mass is 232 g/mol. The van der Waals surface area contributed by atoms with E-state index in [2.05, 4.69) is 4.98 Å². The van der Waals surface area contributed by atoms with Crippen LogP contribution >= 0.6 is 11.6 Å². The second-order valence-corrected chi connectivity index (χ2v) is 3.53. The first kappa shape index (κ1) is 13.2. The van der Waals surface area contributed by atoms with Gasteiger partial charge in [0.05, 0.1) is 5.02 Å². The molecule has 0 atom stereocenters. The molecule has 0 unspecified atom stereocenters. The number of hydrogen-bond acceptors (Lipinski definition) is 3. The fourth-order valence-electron chi connectivity index (χ4n) is 0.568. The van der Waals surface area contributed by atoms with Gasteiger partial charge in [0.15, 0.2) is 0 Å². The molecule has 0 amide bonds. The van der Waals surface area contributed by atoms with Crippen LogP contribution in [0.5, 0.6) is 0 Å². The summed E-state index contributed by atoms with van der Waals surface area (Å²) in [6, 6.07) is 2.78. The number of anilines is 1. The fourth-order valence-corrected chi connectivity index (χ4v) is 1.07. The van der Waals surface area contributed by atoms with Gasteiger partial charge in [0.25, 0.3) is 0 Å². The molecule has 0 saturated carbocycles. The zero-order chi connectivity index (χ0) is 9.19. The molecule has 1 aromatic heterocycles. The maximum absolute atomic E-state index is 10.3. The summed E-state index contributed by atoms with van der Waals surface area (Å²) < 4.78 is 30.6. The van der Waals surface area contributed by atoms with Gasteiger partial charge >= 0.3 is 39.9 Å². The molecule has 0 saturated heterocycles. The molecule has 2 N–H and O–H groups in total. The van der Waals surface area contributed by atoms with Crippen molar-refractivity contribution < 1.29 is 13.0 Å². The van der Waals surface area contributed by atoms with Crippen molar-refractivity contribution in [3.63, 3.8) is 0 Å². The quantitative estimate of drug-likeness (QED) is 0.568. The second kappa shape index (κ2) is 5.14. The third kappa shape index (κ3) is 5.45. The predicted molar refractivity (Wildman–Crippen MR) is 51.6 cm³/mol. The molecule has 5 nitrogen and oxygen atoms in total. The Kier molecular flexibility index (Phi) is 5.19. The minimum absolute atomic E-state index is 0. The first-order chi connectivity index (χ1) is 5.47. The topological polar surface area (TPSA) is 79.3 Å². The van der Waals surface area contributed by atoms with Crippen molar-refractivity contribution in [2.24, 2.45) is 0 Å². The third-order valence-electron chi connectivity index (χ3n) is 0.961. The van der Waals surface area contributed by atoms with E-state index in [0.717, 1.165) is 0 Å². The van der Waals surface area contributed by atoms with Gasteiger partial charge < -0.3 is 0 Å². The van der Waals surface area contributed by atoms with Gasteiger partial charge in [-0.3, -0.25) is 4.55 Å². The van der Waals surface area contributed by atoms with Crippen LogP contribution in [-0.2, 0) is 10.3 Å². The summed E-state index contributed by atoms with van der Waals surface area (Å²) >= 11 is 5.48. The van der Waals surface area contributed by atoms with Gasteiger partial charge in [-0.2, -0.15) is 8.42 Å². The molecule has 0 radical (unpaired) electrons. The van der Waals surface area contributed by atoms with Gasteiger partial charge in [-0.15, -0.1) is 0 Å². The van der Waals surface area contributed by atoms with Crippen molar-refractivity contribution in [1.29, 1.82) is 0 Å². The molecule has 0 aliphatic rings. The molecular weight excluding hydrogens is 227 g/mol. The van der Waals surface area contributed by atoms with Crippen molar-refractivity contribution in [2.45, 2.75) is 0 Å². The second-order valence-electron chi connectivity index (χ2n) is 1.94. The molecule has 1 aromatic rings. The Morgan fingerprint density at radius 3 is 2.46 bits per heavy atom. The van der Waals surface area contributed by atoms with Crippen LogP contribution < -0.4 is 4.72 Å². The molecular formula is C5H6ClN2NaO3S. The van der Waals surface area contributed by atoms with Crippen LogP contribution in [0.25, 0.3) is 0 Å². The van der Waals surface area contributed by atoms with Gasteiger partial charge in [0.2, 0.25) is 0 Å². The zero-order valence-electron chi connectivity index (χ0n) is 5.73. The average molecular weight is 233 g/mol. The number of hydrogen-bond donors (Lipinski definition) is 2. The Morgan fingerprint density at radius 1 is 1.46 bits per heavy atom. The summed E-state index contributed by atoms with van der Waals surface area (Å²) in [5.74, 6) is 0.0156. The number of nitrogens with zero attached hydrogens (tertiary/aromatic N) is 1. The predicted octanol–water partition coefficient (Wildman–Crippen LogP) is 0.301. The summed E-state index contributed by atoms with van der Waals surface area (Å²) in [6.07, 6.45) is 1.26. The number of pyridine rings is 1. The van der Waals surface area contributed by atoms with E-state index < -0.39 is 10.3 Å². The van der Waals surface area contributed by atoms with Gasteiger partial charge in [-0.25, -0.2) is 9.71 Å². The minimum atomic E-state index is -4.25. The maximum atomic E-state index is 10.3. The Labute approximate surface area is 103 Å². The van der Waals surface area contributed by atoms with E-state index in [1.54, 1.807) is 4.72 Å². The van der Waals surface area contributed by atoms with Crippen molar-refractivity contribution in [2.75, 3.05) is 4.72 Å². The molecule has 1 rings (SSSR count). The van der Waals surface area contributed by atoms with E-state index in [0.29, 0.717) is 5.02 Å². The summed E-state index contributed by atoms with van der Waals surface area (Å²) in [5, 5.41) is 0.385. The molecule has 8 heteroatoms. The first-order valence-electron chi connectivity index (χ1n) is 2.84. The Hall–Kier alpha value is 0.150. The van der Waals surface area contributed by atoms with E-state index in [9.17, 15) is 8.42 Å². The van der Waals surface area contributed by atoms with Crippen molar-refractivity contribution in [1.82, 2.24) is 4.98 Å².